The Bertz CT molecular complexity index is 3630. The quantitative estimate of drug-likeness (QED) is 0.164. The molecule has 0 aliphatic carbocycles. The van der Waals surface area contributed by atoms with Crippen LogP contribution in [-0.2, 0) is 0 Å². The summed E-state index contributed by atoms with van der Waals surface area (Å²) in [4.78, 5) is 26.6. The largest absolute Gasteiger partial charge is 0.456 e. The van der Waals surface area contributed by atoms with Gasteiger partial charge in [-0.1, -0.05) is 121 Å². The minimum Gasteiger partial charge on any atom is -0.456 e. The lowest BCUT2D eigenvalue weighted by molar-refractivity contribution is 0.668. The molecule has 0 bridgehead atoms. The standard InChI is InChI=1S/C52H30N6O2S/c1-3-15-35-31(11-1)13-9-19-42(35)57(33-23-25-39-37-17-5-7-21-44(37)59-46(39)27-33)48-30-53-49-41-29-54-52(56-50(41)61-51(49)55-48)58(43-20-10-14-32-12-2-4-16-36(32)43)34-24-26-40-38-18-6-8-22-45(38)60-47(40)28-34/h1-30H. The summed E-state index contributed by atoms with van der Waals surface area (Å²) >= 11 is 1.51. The molecule has 0 spiro atoms. The molecule has 8 nitrogen and oxygen atoms in total. The lowest BCUT2D eigenvalue weighted by Gasteiger charge is -2.25. The molecule has 0 amide bonds. The summed E-state index contributed by atoms with van der Waals surface area (Å²) < 4.78 is 12.8. The van der Waals surface area contributed by atoms with Crippen LogP contribution in [0.4, 0.5) is 34.5 Å². The molecule has 8 aromatic carbocycles. The van der Waals surface area contributed by atoms with Gasteiger partial charge in [-0.05, 0) is 59.3 Å². The Labute approximate surface area is 351 Å². The number of furan rings is 2. The predicted molar refractivity (Wildman–Crippen MR) is 249 cm³/mol. The van der Waals surface area contributed by atoms with Crippen molar-refractivity contribution in [2.24, 2.45) is 0 Å². The molecule has 0 unspecified atom stereocenters. The van der Waals surface area contributed by atoms with Crippen LogP contribution in [0.1, 0.15) is 0 Å². The number of benzene rings is 8. The number of hydrogen-bond donors (Lipinski definition) is 0. The van der Waals surface area contributed by atoms with Crippen molar-refractivity contribution < 1.29 is 8.83 Å². The Balaban J connectivity index is 0.981. The zero-order chi connectivity index (χ0) is 40.0. The van der Waals surface area contributed by atoms with Crippen molar-refractivity contribution in [3.05, 3.63) is 182 Å². The lowest BCUT2D eigenvalue weighted by atomic mass is 10.1. The highest BCUT2D eigenvalue weighted by Gasteiger charge is 2.24. The molecule has 0 aliphatic heterocycles. The van der Waals surface area contributed by atoms with E-state index in [-0.39, 0.29) is 0 Å². The molecule has 61 heavy (non-hydrogen) atoms. The van der Waals surface area contributed by atoms with Gasteiger partial charge in [-0.3, -0.25) is 9.80 Å². The third-order valence-electron chi connectivity index (χ3n) is 11.6. The number of rotatable bonds is 6. The number of fused-ring (bicyclic) bond motifs is 11. The normalized spacial score (nSPS) is 11.9. The number of hydrogen-bond acceptors (Lipinski definition) is 9. The van der Waals surface area contributed by atoms with Crippen molar-refractivity contribution in [1.29, 1.82) is 0 Å². The lowest BCUT2D eigenvalue weighted by Crippen LogP contribution is -2.13. The van der Waals surface area contributed by atoms with Crippen LogP contribution in [0.5, 0.6) is 0 Å². The third-order valence-corrected chi connectivity index (χ3v) is 12.6. The fourth-order valence-electron chi connectivity index (χ4n) is 8.79. The van der Waals surface area contributed by atoms with Gasteiger partial charge in [-0.25, -0.2) is 19.9 Å². The third kappa shape index (κ3) is 5.31. The van der Waals surface area contributed by atoms with E-state index >= 15 is 0 Å². The maximum atomic E-state index is 6.38. The summed E-state index contributed by atoms with van der Waals surface area (Å²) in [5.74, 6) is 1.21. The topological polar surface area (TPSA) is 84.3 Å². The molecule has 0 aliphatic rings. The molecule has 0 atom stereocenters. The maximum absolute atomic E-state index is 6.38. The van der Waals surface area contributed by atoms with Gasteiger partial charge in [0.2, 0.25) is 5.95 Å². The van der Waals surface area contributed by atoms with E-state index in [0.29, 0.717) is 11.8 Å². The van der Waals surface area contributed by atoms with Crippen LogP contribution in [0.2, 0.25) is 0 Å². The molecule has 0 fully saturated rings. The zero-order valence-corrected chi connectivity index (χ0v) is 33.0. The first-order valence-electron chi connectivity index (χ1n) is 20.0. The fourth-order valence-corrected chi connectivity index (χ4v) is 9.76. The van der Waals surface area contributed by atoms with Crippen molar-refractivity contribution in [3.63, 3.8) is 0 Å². The van der Waals surface area contributed by atoms with Crippen LogP contribution in [0.15, 0.2) is 191 Å². The van der Waals surface area contributed by atoms with E-state index in [1.54, 1.807) is 0 Å². The second kappa shape index (κ2) is 13.2. The minimum atomic E-state index is 0.530. The van der Waals surface area contributed by atoms with Crippen molar-refractivity contribution in [3.8, 4) is 0 Å². The van der Waals surface area contributed by atoms with E-state index in [2.05, 4.69) is 143 Å². The van der Waals surface area contributed by atoms with Crippen molar-refractivity contribution in [1.82, 2.24) is 19.9 Å². The van der Waals surface area contributed by atoms with E-state index in [1.807, 2.05) is 48.8 Å². The van der Waals surface area contributed by atoms with Crippen molar-refractivity contribution in [2.45, 2.75) is 0 Å². The molecule has 13 aromatic rings. The van der Waals surface area contributed by atoms with E-state index < -0.39 is 0 Å². The van der Waals surface area contributed by atoms with Crippen LogP contribution in [0.25, 0.3) is 86.0 Å². The van der Waals surface area contributed by atoms with E-state index in [1.165, 1.54) is 11.3 Å². The van der Waals surface area contributed by atoms with Crippen LogP contribution >= 0.6 is 11.3 Å². The average Bonchev–Trinajstić information content (AvgIpc) is 3.99. The molecule has 0 saturated carbocycles. The Morgan fingerprint density at radius 2 is 0.918 bits per heavy atom. The molecule has 9 heteroatoms. The summed E-state index contributed by atoms with van der Waals surface area (Å²) in [5, 5.41) is 9.55. The minimum absolute atomic E-state index is 0.530. The zero-order valence-electron chi connectivity index (χ0n) is 32.2. The Morgan fingerprint density at radius 3 is 1.56 bits per heavy atom. The van der Waals surface area contributed by atoms with Gasteiger partial charge in [0.1, 0.15) is 37.5 Å². The van der Waals surface area contributed by atoms with Crippen LogP contribution in [0.3, 0.4) is 0 Å². The van der Waals surface area contributed by atoms with E-state index in [0.717, 1.165) is 109 Å². The van der Waals surface area contributed by atoms with Crippen LogP contribution < -0.4 is 9.80 Å². The number of para-hydroxylation sites is 2. The molecule has 0 N–H and O–H groups in total. The van der Waals surface area contributed by atoms with Crippen LogP contribution in [0, 0.1) is 0 Å². The fraction of sp³-hybridized carbons (Fsp3) is 0. The smallest absolute Gasteiger partial charge is 0.235 e. The van der Waals surface area contributed by atoms with Crippen LogP contribution in [-0.4, -0.2) is 19.9 Å². The summed E-state index contributed by atoms with van der Waals surface area (Å²) in [6, 6.07) is 58.4. The second-order valence-electron chi connectivity index (χ2n) is 15.1. The first-order chi connectivity index (χ1) is 30.2. The number of nitrogens with zero attached hydrogens (tertiary/aromatic N) is 6. The van der Waals surface area contributed by atoms with E-state index in [4.69, 9.17) is 28.8 Å². The Hall–Kier alpha value is -8.14. The van der Waals surface area contributed by atoms with Gasteiger partial charge < -0.3 is 8.83 Å². The highest BCUT2D eigenvalue weighted by atomic mass is 32.1. The summed E-state index contributed by atoms with van der Waals surface area (Å²) in [6.07, 6.45) is 3.72. The SMILES string of the molecule is c1ccc2c(N(c3ccc4c(c3)oc3ccccc34)c3cnc4c(n3)sc3nc(N(c5ccc6c(c5)oc5ccccc56)c5cccc6ccccc56)ncc34)cccc2c1. The molecular formula is C52H30N6O2S. The first-order valence-corrected chi connectivity index (χ1v) is 20.8. The maximum Gasteiger partial charge on any atom is 0.235 e. The summed E-state index contributed by atoms with van der Waals surface area (Å²) in [5.41, 5.74) is 7.79. The molecular weight excluding hydrogens is 773 g/mol. The van der Waals surface area contributed by atoms with Gasteiger partial charge in [0.15, 0.2) is 5.82 Å². The first kappa shape index (κ1) is 33.8. The molecule has 0 saturated heterocycles. The number of thiophene rings is 1. The Morgan fingerprint density at radius 1 is 0.393 bits per heavy atom. The van der Waals surface area contributed by atoms with Gasteiger partial charge in [0.25, 0.3) is 0 Å². The van der Waals surface area contributed by atoms with Gasteiger partial charge >= 0.3 is 0 Å². The second-order valence-corrected chi connectivity index (χ2v) is 16.1. The Kier molecular flexibility index (Phi) is 7.31. The van der Waals surface area contributed by atoms with Crippen molar-refractivity contribution in [2.75, 3.05) is 9.80 Å². The molecule has 13 rings (SSSR count). The van der Waals surface area contributed by atoms with E-state index in [9.17, 15) is 0 Å². The monoisotopic (exact) mass is 802 g/mol. The molecule has 0 radical (unpaired) electrons. The number of anilines is 6. The molecule has 5 heterocycles. The van der Waals surface area contributed by atoms with Gasteiger partial charge in [0.05, 0.1) is 34.3 Å². The number of aromatic nitrogens is 4. The average molecular weight is 803 g/mol. The summed E-state index contributed by atoms with van der Waals surface area (Å²) in [6.45, 7) is 0. The van der Waals surface area contributed by atoms with Gasteiger partial charge in [-0.15, -0.1) is 0 Å². The van der Waals surface area contributed by atoms with Gasteiger partial charge in [-0.2, -0.15) is 0 Å². The van der Waals surface area contributed by atoms with Crippen molar-refractivity contribution >= 4 is 132 Å². The predicted octanol–water partition coefficient (Wildman–Crippen LogP) is 14.7. The highest BCUT2D eigenvalue weighted by Crippen LogP contribution is 2.44. The highest BCUT2D eigenvalue weighted by molar-refractivity contribution is 7.25. The molecule has 286 valence electrons. The van der Waals surface area contributed by atoms with Gasteiger partial charge in [0, 0.05) is 50.6 Å². The molecule has 5 aromatic heterocycles. The summed E-state index contributed by atoms with van der Waals surface area (Å²) in [7, 11) is 0.